The van der Waals surface area contributed by atoms with Crippen LogP contribution in [0.25, 0.3) is 11.0 Å². The Morgan fingerprint density at radius 3 is 2.69 bits per heavy atom. The van der Waals surface area contributed by atoms with Gasteiger partial charge >= 0.3 is 6.18 Å². The quantitative estimate of drug-likeness (QED) is 0.728. The van der Waals surface area contributed by atoms with E-state index < -0.39 is 12.7 Å². The number of rotatable bonds is 1. The van der Waals surface area contributed by atoms with Gasteiger partial charge in [0.2, 0.25) is 0 Å². The molecule has 3 nitrogen and oxygen atoms in total. The van der Waals surface area contributed by atoms with Crippen molar-refractivity contribution in [2.24, 2.45) is 0 Å². The van der Waals surface area contributed by atoms with Crippen LogP contribution in [0.3, 0.4) is 0 Å². The van der Waals surface area contributed by atoms with Crippen molar-refractivity contribution in [2.45, 2.75) is 19.6 Å². The molecule has 0 spiro atoms. The number of alkyl halides is 3. The Labute approximate surface area is 93.9 Å². The van der Waals surface area contributed by atoms with Gasteiger partial charge in [0, 0.05) is 6.20 Å². The van der Waals surface area contributed by atoms with Gasteiger partial charge in [-0.1, -0.05) is 11.6 Å². The monoisotopic (exact) mass is 249 g/mol. The second-order valence-corrected chi connectivity index (χ2v) is 3.78. The standard InChI is InChI=1S/C9H7ClF3N3/c1-5-2-16(3-9(11,12)13)8-6(5)7(10)14-4-15-8/h2,4H,3H2,1H3. The summed E-state index contributed by atoms with van der Waals surface area (Å²) in [6.07, 6.45) is -1.76. The Balaban J connectivity index is 2.60. The number of fused-ring (bicyclic) bond motifs is 1. The van der Waals surface area contributed by atoms with Crippen molar-refractivity contribution in [1.82, 2.24) is 14.5 Å². The Kier molecular flexibility index (Phi) is 2.53. The van der Waals surface area contributed by atoms with Gasteiger partial charge in [-0.2, -0.15) is 13.2 Å². The molecule has 7 heteroatoms. The summed E-state index contributed by atoms with van der Waals surface area (Å²) in [6.45, 7) is 0.592. The average molecular weight is 250 g/mol. The number of nitrogens with zero attached hydrogens (tertiary/aromatic N) is 3. The van der Waals surface area contributed by atoms with Crippen LogP contribution in [0, 0.1) is 6.92 Å². The smallest absolute Gasteiger partial charge is 0.323 e. The molecular formula is C9H7ClF3N3. The van der Waals surface area contributed by atoms with Gasteiger partial charge in [-0.15, -0.1) is 0 Å². The van der Waals surface area contributed by atoms with E-state index in [1.54, 1.807) is 6.92 Å². The van der Waals surface area contributed by atoms with E-state index >= 15 is 0 Å². The number of aryl methyl sites for hydroxylation is 1. The molecule has 0 unspecified atom stereocenters. The van der Waals surface area contributed by atoms with E-state index in [9.17, 15) is 13.2 Å². The third kappa shape index (κ3) is 1.97. The van der Waals surface area contributed by atoms with E-state index in [1.165, 1.54) is 6.20 Å². The van der Waals surface area contributed by atoms with Gasteiger partial charge in [-0.3, -0.25) is 0 Å². The fraction of sp³-hybridized carbons (Fsp3) is 0.333. The van der Waals surface area contributed by atoms with E-state index in [0.29, 0.717) is 10.9 Å². The van der Waals surface area contributed by atoms with Gasteiger partial charge in [-0.05, 0) is 12.5 Å². The number of hydrogen-bond donors (Lipinski definition) is 0. The van der Waals surface area contributed by atoms with Crippen molar-refractivity contribution in [3.63, 3.8) is 0 Å². The van der Waals surface area contributed by atoms with Crippen LogP contribution in [0.2, 0.25) is 5.15 Å². The summed E-state index contributed by atoms with van der Waals surface area (Å²) in [4.78, 5) is 7.55. The molecule has 2 rings (SSSR count). The lowest BCUT2D eigenvalue weighted by atomic mass is 10.3. The minimum Gasteiger partial charge on any atom is -0.323 e. The Bertz CT molecular complexity index is 533. The zero-order valence-electron chi connectivity index (χ0n) is 8.22. The van der Waals surface area contributed by atoms with Crippen LogP contribution in [0.4, 0.5) is 13.2 Å². The molecule has 0 saturated heterocycles. The van der Waals surface area contributed by atoms with Crippen molar-refractivity contribution in [3.8, 4) is 0 Å². The molecule has 0 saturated carbocycles. The van der Waals surface area contributed by atoms with Crippen molar-refractivity contribution >= 4 is 22.6 Å². The molecule has 16 heavy (non-hydrogen) atoms. The molecule has 2 aromatic rings. The molecule has 0 amide bonds. The first-order valence-electron chi connectivity index (χ1n) is 4.41. The summed E-state index contributed by atoms with van der Waals surface area (Å²) < 4.78 is 37.9. The molecule has 0 aliphatic rings. The maximum Gasteiger partial charge on any atom is 0.406 e. The SMILES string of the molecule is Cc1cn(CC(F)(F)F)c2ncnc(Cl)c12. The van der Waals surface area contributed by atoms with E-state index in [4.69, 9.17) is 11.6 Å². The lowest BCUT2D eigenvalue weighted by molar-refractivity contribution is -0.139. The summed E-state index contributed by atoms with van der Waals surface area (Å²) in [5.41, 5.74) is 0.833. The van der Waals surface area contributed by atoms with Crippen molar-refractivity contribution < 1.29 is 13.2 Å². The Morgan fingerprint density at radius 2 is 2.06 bits per heavy atom. The van der Waals surface area contributed by atoms with Gasteiger partial charge in [0.25, 0.3) is 0 Å². The maximum atomic E-state index is 12.3. The molecule has 0 bridgehead atoms. The summed E-state index contributed by atoms with van der Waals surface area (Å²) in [7, 11) is 0. The predicted octanol–water partition coefficient (Wildman–Crippen LogP) is 2.96. The lowest BCUT2D eigenvalue weighted by Crippen LogP contribution is -2.17. The van der Waals surface area contributed by atoms with Gasteiger partial charge < -0.3 is 4.57 Å². The molecule has 0 fully saturated rings. The van der Waals surface area contributed by atoms with Crippen LogP contribution < -0.4 is 0 Å². The van der Waals surface area contributed by atoms with Crippen LogP contribution in [0.1, 0.15) is 5.56 Å². The normalized spacial score (nSPS) is 12.3. The fourth-order valence-corrected chi connectivity index (χ4v) is 1.86. The first-order valence-corrected chi connectivity index (χ1v) is 4.79. The molecule has 0 atom stereocenters. The Morgan fingerprint density at radius 1 is 1.38 bits per heavy atom. The third-order valence-electron chi connectivity index (χ3n) is 2.15. The molecular weight excluding hydrogens is 243 g/mol. The zero-order chi connectivity index (χ0) is 11.9. The highest BCUT2D eigenvalue weighted by Crippen LogP contribution is 2.27. The molecule has 2 aromatic heterocycles. The van der Waals surface area contributed by atoms with Crippen LogP contribution in [0.5, 0.6) is 0 Å². The third-order valence-corrected chi connectivity index (χ3v) is 2.43. The largest absolute Gasteiger partial charge is 0.406 e. The van der Waals surface area contributed by atoms with E-state index in [1.807, 2.05) is 0 Å². The van der Waals surface area contributed by atoms with E-state index in [0.717, 1.165) is 10.9 Å². The first kappa shape index (κ1) is 11.2. The molecule has 0 aliphatic carbocycles. The highest BCUT2D eigenvalue weighted by Gasteiger charge is 2.29. The second kappa shape index (κ2) is 3.62. The van der Waals surface area contributed by atoms with E-state index in [2.05, 4.69) is 9.97 Å². The number of aromatic nitrogens is 3. The average Bonchev–Trinajstić information content (AvgIpc) is 2.42. The summed E-state index contributed by atoms with van der Waals surface area (Å²) >= 11 is 5.80. The van der Waals surface area contributed by atoms with Crippen molar-refractivity contribution in [1.29, 1.82) is 0 Å². The van der Waals surface area contributed by atoms with Gasteiger partial charge in [0.1, 0.15) is 23.7 Å². The second-order valence-electron chi connectivity index (χ2n) is 3.42. The first-order chi connectivity index (χ1) is 7.38. The van der Waals surface area contributed by atoms with Gasteiger partial charge in [0.15, 0.2) is 0 Å². The number of halogens is 4. The highest BCUT2D eigenvalue weighted by molar-refractivity contribution is 6.34. The minimum absolute atomic E-state index is 0.170. The van der Waals surface area contributed by atoms with Crippen molar-refractivity contribution in [3.05, 3.63) is 23.2 Å². The van der Waals surface area contributed by atoms with Gasteiger partial charge in [0.05, 0.1) is 5.39 Å². The fourth-order valence-electron chi connectivity index (χ4n) is 1.59. The molecule has 0 aliphatic heterocycles. The molecule has 86 valence electrons. The summed E-state index contributed by atoms with van der Waals surface area (Å²) in [5, 5.41) is 0.636. The van der Waals surface area contributed by atoms with Crippen LogP contribution in [-0.4, -0.2) is 20.7 Å². The number of hydrogen-bond acceptors (Lipinski definition) is 2. The summed E-state index contributed by atoms with van der Waals surface area (Å²) in [5.74, 6) is 0. The molecule has 0 radical (unpaired) electrons. The minimum atomic E-state index is -4.28. The Hall–Kier alpha value is -1.30. The lowest BCUT2D eigenvalue weighted by Gasteiger charge is -2.07. The van der Waals surface area contributed by atoms with Crippen LogP contribution >= 0.6 is 11.6 Å². The molecule has 0 N–H and O–H groups in total. The predicted molar refractivity (Wildman–Crippen MR) is 53.3 cm³/mol. The highest BCUT2D eigenvalue weighted by atomic mass is 35.5. The van der Waals surface area contributed by atoms with Crippen LogP contribution in [-0.2, 0) is 6.54 Å². The zero-order valence-corrected chi connectivity index (χ0v) is 8.97. The van der Waals surface area contributed by atoms with Crippen LogP contribution in [0.15, 0.2) is 12.5 Å². The maximum absolute atomic E-state index is 12.3. The molecule has 2 heterocycles. The van der Waals surface area contributed by atoms with Gasteiger partial charge in [-0.25, -0.2) is 9.97 Å². The molecule has 0 aromatic carbocycles. The van der Waals surface area contributed by atoms with E-state index in [-0.39, 0.29) is 10.8 Å². The van der Waals surface area contributed by atoms with Crippen molar-refractivity contribution in [2.75, 3.05) is 0 Å². The summed E-state index contributed by atoms with van der Waals surface area (Å²) in [6, 6.07) is 0. The topological polar surface area (TPSA) is 30.7 Å².